The minimum absolute atomic E-state index is 0.290. The van der Waals surface area contributed by atoms with Gasteiger partial charge in [-0.2, -0.15) is 0 Å². The van der Waals surface area contributed by atoms with Crippen LogP contribution in [0.5, 0.6) is 0 Å². The molecule has 0 aliphatic carbocycles. The van der Waals surface area contributed by atoms with Crippen LogP contribution < -0.4 is 5.32 Å². The van der Waals surface area contributed by atoms with E-state index >= 15 is 0 Å². The quantitative estimate of drug-likeness (QED) is 0.496. The van der Waals surface area contributed by atoms with Crippen LogP contribution in [0.15, 0.2) is 12.7 Å². The Morgan fingerprint density at radius 1 is 1.50 bits per heavy atom. The Kier molecular flexibility index (Phi) is 5.83. The van der Waals surface area contributed by atoms with Crippen LogP contribution >= 0.6 is 0 Å². The molecule has 1 fully saturated rings. The summed E-state index contributed by atoms with van der Waals surface area (Å²) < 4.78 is 11.1. The van der Waals surface area contributed by atoms with Crippen molar-refractivity contribution in [1.82, 2.24) is 5.32 Å². The fraction of sp³-hybridized carbons (Fsp3) is 0.818. The maximum Gasteiger partial charge on any atom is 0.0814 e. The third-order valence-electron chi connectivity index (χ3n) is 2.36. The largest absolute Gasteiger partial charge is 0.375 e. The van der Waals surface area contributed by atoms with Gasteiger partial charge in [-0.3, -0.25) is 0 Å². The predicted octanol–water partition coefficient (Wildman–Crippen LogP) is 1.35. The number of hydrogen-bond donors (Lipinski definition) is 1. The highest BCUT2D eigenvalue weighted by atomic mass is 16.5. The molecule has 1 heterocycles. The van der Waals surface area contributed by atoms with Gasteiger partial charge in [0.1, 0.15) is 0 Å². The second kappa shape index (κ2) is 6.98. The lowest BCUT2D eigenvalue weighted by molar-refractivity contribution is -0.00788. The molecule has 0 aromatic heterocycles. The average molecular weight is 199 g/mol. The molecule has 0 radical (unpaired) electrons. The minimum Gasteiger partial charge on any atom is -0.375 e. The predicted molar refractivity (Wildman–Crippen MR) is 57.5 cm³/mol. The minimum atomic E-state index is 0.290. The van der Waals surface area contributed by atoms with Crippen LogP contribution in [0.4, 0.5) is 0 Å². The van der Waals surface area contributed by atoms with Crippen LogP contribution in [0.25, 0.3) is 0 Å². The number of likely N-dealkylation sites (N-methyl/N-ethyl adjacent to an activating group) is 1. The van der Waals surface area contributed by atoms with Gasteiger partial charge in [-0.05, 0) is 19.4 Å². The summed E-state index contributed by atoms with van der Waals surface area (Å²) in [5.41, 5.74) is 0. The van der Waals surface area contributed by atoms with Crippen molar-refractivity contribution in [3.05, 3.63) is 12.7 Å². The molecule has 0 aromatic carbocycles. The van der Waals surface area contributed by atoms with Crippen LogP contribution in [0, 0.1) is 0 Å². The van der Waals surface area contributed by atoms with Gasteiger partial charge in [0, 0.05) is 6.54 Å². The second-order valence-corrected chi connectivity index (χ2v) is 3.59. The normalized spacial score (nSPS) is 26.6. The zero-order valence-electron chi connectivity index (χ0n) is 9.00. The molecule has 2 unspecified atom stereocenters. The van der Waals surface area contributed by atoms with Gasteiger partial charge in [-0.1, -0.05) is 13.0 Å². The Morgan fingerprint density at radius 2 is 2.29 bits per heavy atom. The number of ether oxygens (including phenoxy) is 2. The Morgan fingerprint density at radius 3 is 3.00 bits per heavy atom. The lowest BCUT2D eigenvalue weighted by atomic mass is 10.2. The smallest absolute Gasteiger partial charge is 0.0814 e. The first kappa shape index (κ1) is 11.7. The van der Waals surface area contributed by atoms with Crippen molar-refractivity contribution in [1.29, 1.82) is 0 Å². The molecule has 3 nitrogen and oxygen atoms in total. The van der Waals surface area contributed by atoms with E-state index in [1.165, 1.54) is 0 Å². The van der Waals surface area contributed by atoms with E-state index in [0.29, 0.717) is 25.4 Å². The SMILES string of the molecule is C=CCOCC1CCC(CNCC)O1. The van der Waals surface area contributed by atoms with Gasteiger partial charge >= 0.3 is 0 Å². The summed E-state index contributed by atoms with van der Waals surface area (Å²) in [5.74, 6) is 0. The highest BCUT2D eigenvalue weighted by Gasteiger charge is 2.24. The van der Waals surface area contributed by atoms with E-state index in [4.69, 9.17) is 9.47 Å². The third kappa shape index (κ3) is 4.22. The number of hydrogen-bond acceptors (Lipinski definition) is 3. The van der Waals surface area contributed by atoms with E-state index in [1.807, 2.05) is 0 Å². The van der Waals surface area contributed by atoms with E-state index in [9.17, 15) is 0 Å². The molecule has 1 aliphatic rings. The van der Waals surface area contributed by atoms with Crippen LogP contribution in [0.2, 0.25) is 0 Å². The molecule has 0 amide bonds. The van der Waals surface area contributed by atoms with Crippen molar-refractivity contribution >= 4 is 0 Å². The molecule has 0 spiro atoms. The molecule has 0 saturated carbocycles. The fourth-order valence-corrected chi connectivity index (χ4v) is 1.64. The Bertz CT molecular complexity index is 161. The van der Waals surface area contributed by atoms with E-state index in [0.717, 1.165) is 25.9 Å². The summed E-state index contributed by atoms with van der Waals surface area (Å²) in [6.07, 6.45) is 4.71. The third-order valence-corrected chi connectivity index (χ3v) is 2.36. The van der Waals surface area contributed by atoms with Crippen molar-refractivity contribution in [2.24, 2.45) is 0 Å². The number of rotatable bonds is 7. The zero-order valence-corrected chi connectivity index (χ0v) is 9.00. The van der Waals surface area contributed by atoms with Crippen molar-refractivity contribution in [3.8, 4) is 0 Å². The lowest BCUT2D eigenvalue weighted by Gasteiger charge is -2.13. The lowest BCUT2D eigenvalue weighted by Crippen LogP contribution is -2.27. The van der Waals surface area contributed by atoms with E-state index in [-0.39, 0.29) is 0 Å². The average Bonchev–Trinajstić information content (AvgIpc) is 2.63. The molecular weight excluding hydrogens is 178 g/mol. The standard InChI is InChI=1S/C11H21NO2/c1-3-7-13-9-11-6-5-10(14-11)8-12-4-2/h3,10-12H,1,4-9H2,2H3. The van der Waals surface area contributed by atoms with Gasteiger partial charge < -0.3 is 14.8 Å². The maximum atomic E-state index is 5.79. The molecule has 0 aromatic rings. The highest BCUT2D eigenvalue weighted by Crippen LogP contribution is 2.19. The Hall–Kier alpha value is -0.380. The molecular formula is C11H21NO2. The van der Waals surface area contributed by atoms with Crippen molar-refractivity contribution < 1.29 is 9.47 Å². The molecule has 1 rings (SSSR count). The first-order valence-electron chi connectivity index (χ1n) is 5.41. The topological polar surface area (TPSA) is 30.5 Å². The van der Waals surface area contributed by atoms with Crippen LogP contribution in [-0.2, 0) is 9.47 Å². The van der Waals surface area contributed by atoms with Crippen LogP contribution in [0.1, 0.15) is 19.8 Å². The summed E-state index contributed by atoms with van der Waals surface area (Å²) in [7, 11) is 0. The van der Waals surface area contributed by atoms with Crippen molar-refractivity contribution in [3.63, 3.8) is 0 Å². The zero-order chi connectivity index (χ0) is 10.2. The maximum absolute atomic E-state index is 5.79. The molecule has 1 aliphatic heterocycles. The summed E-state index contributed by atoms with van der Waals surface area (Å²) in [6, 6.07) is 0. The molecule has 1 N–H and O–H groups in total. The fourth-order valence-electron chi connectivity index (χ4n) is 1.64. The van der Waals surface area contributed by atoms with E-state index in [1.54, 1.807) is 6.08 Å². The highest BCUT2D eigenvalue weighted by molar-refractivity contribution is 4.75. The first-order valence-corrected chi connectivity index (χ1v) is 5.41. The Labute approximate surface area is 86.5 Å². The van der Waals surface area contributed by atoms with Crippen molar-refractivity contribution in [2.45, 2.75) is 32.0 Å². The molecule has 82 valence electrons. The van der Waals surface area contributed by atoms with Crippen LogP contribution in [-0.4, -0.2) is 38.5 Å². The van der Waals surface area contributed by atoms with Gasteiger partial charge in [0.2, 0.25) is 0 Å². The van der Waals surface area contributed by atoms with Gasteiger partial charge in [0.25, 0.3) is 0 Å². The van der Waals surface area contributed by atoms with Crippen molar-refractivity contribution in [2.75, 3.05) is 26.3 Å². The first-order chi connectivity index (χ1) is 6.86. The van der Waals surface area contributed by atoms with Gasteiger partial charge in [0.05, 0.1) is 25.4 Å². The van der Waals surface area contributed by atoms with E-state index in [2.05, 4.69) is 18.8 Å². The number of nitrogens with one attached hydrogen (secondary N) is 1. The summed E-state index contributed by atoms with van der Waals surface area (Å²) in [4.78, 5) is 0. The van der Waals surface area contributed by atoms with Gasteiger partial charge in [-0.15, -0.1) is 6.58 Å². The summed E-state index contributed by atoms with van der Waals surface area (Å²) in [5, 5.41) is 3.30. The molecule has 3 heteroatoms. The molecule has 1 saturated heterocycles. The van der Waals surface area contributed by atoms with Crippen LogP contribution in [0.3, 0.4) is 0 Å². The van der Waals surface area contributed by atoms with Gasteiger partial charge in [-0.25, -0.2) is 0 Å². The molecule has 2 atom stereocenters. The Balaban J connectivity index is 2.04. The second-order valence-electron chi connectivity index (χ2n) is 3.59. The molecule has 14 heavy (non-hydrogen) atoms. The van der Waals surface area contributed by atoms with E-state index < -0.39 is 0 Å². The monoisotopic (exact) mass is 199 g/mol. The summed E-state index contributed by atoms with van der Waals surface area (Å²) in [6.45, 7) is 9.02. The summed E-state index contributed by atoms with van der Waals surface area (Å²) >= 11 is 0. The molecule has 0 bridgehead atoms. The van der Waals surface area contributed by atoms with Gasteiger partial charge in [0.15, 0.2) is 0 Å².